The number of hydrogen-bond acceptors (Lipinski definition) is 2. The zero-order valence-electron chi connectivity index (χ0n) is 5.11. The minimum absolute atomic E-state index is 0.732. The quantitative estimate of drug-likeness (QED) is 0.427. The summed E-state index contributed by atoms with van der Waals surface area (Å²) in [4.78, 5) is 0.846. The number of hydrogen-bond donors (Lipinski definition) is 2. The van der Waals surface area contributed by atoms with Gasteiger partial charge >= 0.3 is 0 Å². The van der Waals surface area contributed by atoms with Crippen molar-refractivity contribution in [1.82, 2.24) is 5.32 Å². The first-order valence-electron chi connectivity index (χ1n) is 2.72. The molecule has 0 aliphatic heterocycles. The molecule has 0 aliphatic carbocycles. The van der Waals surface area contributed by atoms with E-state index in [0.717, 1.165) is 24.5 Å². The van der Waals surface area contributed by atoms with E-state index in [4.69, 9.17) is 18.0 Å². The van der Waals surface area contributed by atoms with Crippen molar-refractivity contribution in [1.29, 1.82) is 0 Å². The first-order chi connectivity index (χ1) is 3.77. The normalized spacial score (nSPS) is 8.75. The summed E-state index contributed by atoms with van der Waals surface area (Å²) < 4.78 is 0. The van der Waals surface area contributed by atoms with Gasteiger partial charge in [-0.15, -0.1) is 0 Å². The smallest absolute Gasteiger partial charge is 0.0721 e. The first kappa shape index (κ1) is 7.85. The minimum Gasteiger partial charge on any atom is -0.380 e. The number of thiocarbonyl (C=S) groups is 1. The first-order valence-corrected chi connectivity index (χ1v) is 3.12. The summed E-state index contributed by atoms with van der Waals surface area (Å²) in [5, 5.41) is 3.00. The summed E-state index contributed by atoms with van der Waals surface area (Å²) in [5.41, 5.74) is 5.23. The molecule has 0 aliphatic rings. The maximum atomic E-state index is 5.23. The molecule has 0 saturated heterocycles. The molecule has 2 nitrogen and oxygen atoms in total. The number of nitrogens with one attached hydrogen (secondary N) is 1. The molecule has 8 heavy (non-hydrogen) atoms. The molecule has 0 bridgehead atoms. The molecule has 0 aromatic heterocycles. The van der Waals surface area contributed by atoms with E-state index in [0.29, 0.717) is 0 Å². The molecule has 0 unspecified atom stereocenters. The van der Waals surface area contributed by atoms with Crippen LogP contribution in [0, 0.1) is 0 Å². The van der Waals surface area contributed by atoms with E-state index in [2.05, 4.69) is 5.32 Å². The molecule has 0 fully saturated rings. The van der Waals surface area contributed by atoms with Crippen molar-refractivity contribution >= 4 is 17.2 Å². The fraction of sp³-hybridized carbons (Fsp3) is 0.800. The van der Waals surface area contributed by atoms with Gasteiger partial charge < -0.3 is 11.1 Å². The highest BCUT2D eigenvalue weighted by atomic mass is 32.1. The molecule has 48 valence electrons. The van der Waals surface area contributed by atoms with Crippen molar-refractivity contribution in [3.8, 4) is 0 Å². The number of rotatable bonds is 3. The molecule has 0 heterocycles. The average molecular weight is 132 g/mol. The van der Waals surface area contributed by atoms with Gasteiger partial charge in [0, 0.05) is 6.54 Å². The molecule has 0 spiro atoms. The third-order valence-electron chi connectivity index (χ3n) is 0.755. The van der Waals surface area contributed by atoms with Crippen LogP contribution in [0.2, 0.25) is 0 Å². The van der Waals surface area contributed by atoms with E-state index < -0.39 is 0 Å². The summed E-state index contributed by atoms with van der Waals surface area (Å²) >= 11 is 4.76. The highest BCUT2D eigenvalue weighted by Crippen LogP contribution is 1.71. The van der Waals surface area contributed by atoms with Crippen LogP contribution < -0.4 is 11.1 Å². The van der Waals surface area contributed by atoms with Gasteiger partial charge in [-0.2, -0.15) is 0 Å². The van der Waals surface area contributed by atoms with Gasteiger partial charge in [0.05, 0.1) is 4.99 Å². The molecule has 0 saturated carbocycles. The van der Waals surface area contributed by atoms with Crippen LogP contribution >= 0.6 is 12.2 Å². The van der Waals surface area contributed by atoms with Gasteiger partial charge in [-0.05, 0) is 19.9 Å². The lowest BCUT2D eigenvalue weighted by molar-refractivity contribution is 0.787. The topological polar surface area (TPSA) is 38.0 Å². The predicted molar refractivity (Wildman–Crippen MR) is 39.9 cm³/mol. The van der Waals surface area contributed by atoms with Crippen molar-refractivity contribution in [2.24, 2.45) is 5.73 Å². The Morgan fingerprint density at radius 1 is 1.75 bits per heavy atom. The molecule has 3 heteroatoms. The second-order valence-corrected chi connectivity index (χ2v) is 2.24. The maximum absolute atomic E-state index is 5.23. The fourth-order valence-electron chi connectivity index (χ4n) is 0.366. The van der Waals surface area contributed by atoms with Gasteiger partial charge in [0.1, 0.15) is 0 Å². The second-order valence-electron chi connectivity index (χ2n) is 1.63. The van der Waals surface area contributed by atoms with Crippen LogP contribution in [-0.2, 0) is 0 Å². The summed E-state index contributed by atoms with van der Waals surface area (Å²) in [5.74, 6) is 0. The van der Waals surface area contributed by atoms with Crippen LogP contribution in [0.5, 0.6) is 0 Å². The Hall–Kier alpha value is -0.150. The molecule has 0 aromatic rings. The van der Waals surface area contributed by atoms with E-state index in [-0.39, 0.29) is 0 Å². The van der Waals surface area contributed by atoms with Gasteiger partial charge in [0.25, 0.3) is 0 Å². The van der Waals surface area contributed by atoms with Gasteiger partial charge in [-0.25, -0.2) is 0 Å². The number of nitrogens with two attached hydrogens (primary N) is 1. The van der Waals surface area contributed by atoms with Gasteiger partial charge in [0.15, 0.2) is 0 Å². The summed E-state index contributed by atoms with van der Waals surface area (Å²) in [6, 6.07) is 0. The van der Waals surface area contributed by atoms with Crippen molar-refractivity contribution in [3.63, 3.8) is 0 Å². The molecule has 3 N–H and O–H groups in total. The van der Waals surface area contributed by atoms with Crippen LogP contribution in [-0.4, -0.2) is 18.1 Å². The van der Waals surface area contributed by atoms with E-state index in [1.807, 2.05) is 6.92 Å². The van der Waals surface area contributed by atoms with Crippen molar-refractivity contribution in [2.75, 3.05) is 13.1 Å². The largest absolute Gasteiger partial charge is 0.380 e. The molecule has 0 radical (unpaired) electrons. The van der Waals surface area contributed by atoms with Crippen LogP contribution in [0.1, 0.15) is 13.3 Å². The van der Waals surface area contributed by atoms with E-state index in [1.165, 1.54) is 0 Å². The zero-order chi connectivity index (χ0) is 6.41. The molecule has 0 atom stereocenters. The van der Waals surface area contributed by atoms with Gasteiger partial charge in [-0.3, -0.25) is 0 Å². The minimum atomic E-state index is 0.732. The Morgan fingerprint density at radius 3 is 2.75 bits per heavy atom. The highest BCUT2D eigenvalue weighted by molar-refractivity contribution is 7.80. The average Bonchev–Trinajstić information content (AvgIpc) is 1.66. The molecular weight excluding hydrogens is 120 g/mol. The summed E-state index contributed by atoms with van der Waals surface area (Å²) in [7, 11) is 0. The Kier molecular flexibility index (Phi) is 4.90. The van der Waals surface area contributed by atoms with E-state index >= 15 is 0 Å². The lowest BCUT2D eigenvalue weighted by atomic mass is 10.4. The third-order valence-corrected chi connectivity index (χ3v) is 0.899. The van der Waals surface area contributed by atoms with Gasteiger partial charge in [-0.1, -0.05) is 12.2 Å². The molecule has 0 aromatic carbocycles. The monoisotopic (exact) mass is 132 g/mol. The Bertz CT molecular complexity index is 72.8. The molecule has 0 amide bonds. The van der Waals surface area contributed by atoms with Crippen LogP contribution in [0.15, 0.2) is 0 Å². The SMILES string of the molecule is CC(=S)NCCCN. The van der Waals surface area contributed by atoms with Crippen molar-refractivity contribution < 1.29 is 0 Å². The zero-order valence-corrected chi connectivity index (χ0v) is 5.92. The Morgan fingerprint density at radius 2 is 2.38 bits per heavy atom. The lowest BCUT2D eigenvalue weighted by Gasteiger charge is -1.99. The van der Waals surface area contributed by atoms with Crippen LogP contribution in [0.25, 0.3) is 0 Å². The Labute approximate surface area is 55.4 Å². The second kappa shape index (κ2) is 5.00. The maximum Gasteiger partial charge on any atom is 0.0721 e. The fourth-order valence-corrected chi connectivity index (χ4v) is 0.469. The lowest BCUT2D eigenvalue weighted by Crippen LogP contribution is -2.21. The van der Waals surface area contributed by atoms with Crippen LogP contribution in [0.4, 0.5) is 0 Å². The van der Waals surface area contributed by atoms with E-state index in [1.54, 1.807) is 0 Å². The third kappa shape index (κ3) is 5.85. The van der Waals surface area contributed by atoms with Crippen molar-refractivity contribution in [3.05, 3.63) is 0 Å². The predicted octanol–water partition coefficient (Wildman–Crippen LogP) is 0.272. The summed E-state index contributed by atoms with van der Waals surface area (Å²) in [6.07, 6.45) is 0.994. The van der Waals surface area contributed by atoms with Crippen molar-refractivity contribution in [2.45, 2.75) is 13.3 Å². The highest BCUT2D eigenvalue weighted by Gasteiger charge is 1.82. The summed E-state index contributed by atoms with van der Waals surface area (Å²) in [6.45, 7) is 3.51. The molecular formula is C5H12N2S. The molecule has 0 rings (SSSR count). The van der Waals surface area contributed by atoms with Crippen LogP contribution in [0.3, 0.4) is 0 Å². The standard InChI is InChI=1S/C5H12N2S/c1-5(8)7-4-2-3-6/h2-4,6H2,1H3,(H,7,8). The Balaban J connectivity index is 2.82. The van der Waals surface area contributed by atoms with E-state index in [9.17, 15) is 0 Å². The van der Waals surface area contributed by atoms with Gasteiger partial charge in [0.2, 0.25) is 0 Å².